The van der Waals surface area contributed by atoms with Gasteiger partial charge < -0.3 is 19.4 Å². The van der Waals surface area contributed by atoms with E-state index in [4.69, 9.17) is 9.15 Å². The number of pyridine rings is 1. The predicted octanol–water partition coefficient (Wildman–Crippen LogP) is 7.83. The van der Waals surface area contributed by atoms with Gasteiger partial charge in [0.25, 0.3) is 12.3 Å². The van der Waals surface area contributed by atoms with E-state index in [0.29, 0.717) is 30.9 Å². The molecule has 1 N–H and O–H groups in total. The highest BCUT2D eigenvalue weighted by molar-refractivity contribution is 6.04. The van der Waals surface area contributed by atoms with Gasteiger partial charge in [-0.3, -0.25) is 33.2 Å². The lowest BCUT2D eigenvalue weighted by Gasteiger charge is -2.36. The van der Waals surface area contributed by atoms with Gasteiger partial charge in [-0.1, -0.05) is 25.0 Å². The van der Waals surface area contributed by atoms with Gasteiger partial charge >= 0.3 is 5.69 Å². The zero-order valence-corrected chi connectivity index (χ0v) is 35.9. The Hall–Kier alpha value is -5.35. The van der Waals surface area contributed by atoms with Crippen molar-refractivity contribution < 1.29 is 32.3 Å². The number of likely N-dealkylation sites (tertiary alicyclic amines) is 1. The number of carbonyl (C=O) groups is 3. The molecule has 0 bridgehead atoms. The van der Waals surface area contributed by atoms with E-state index in [1.54, 1.807) is 33.1 Å². The van der Waals surface area contributed by atoms with Crippen molar-refractivity contribution in [3.8, 4) is 11.5 Å². The van der Waals surface area contributed by atoms with E-state index in [-0.39, 0.29) is 53.1 Å². The molecule has 5 aromatic rings. The minimum Gasteiger partial charge on any atom is -0.444 e. The molecule has 1 amide bonds. The summed E-state index contributed by atoms with van der Waals surface area (Å²) in [5.41, 5.74) is 3.54. The van der Waals surface area contributed by atoms with E-state index in [0.717, 1.165) is 112 Å². The average Bonchev–Trinajstić information content (AvgIpc) is 3.69. The van der Waals surface area contributed by atoms with Crippen LogP contribution in [0.15, 0.2) is 58.2 Å². The van der Waals surface area contributed by atoms with Crippen LogP contribution in [0.2, 0.25) is 0 Å². The van der Waals surface area contributed by atoms with Gasteiger partial charge in [-0.2, -0.15) is 5.10 Å². The second-order valence-electron chi connectivity index (χ2n) is 18.1. The topological polar surface area (TPSA) is 159 Å². The molecule has 3 aliphatic carbocycles. The maximum atomic E-state index is 14.2. The average molecular weight is 867 g/mol. The van der Waals surface area contributed by atoms with E-state index in [9.17, 15) is 28.0 Å². The normalized spacial score (nSPS) is 21.5. The van der Waals surface area contributed by atoms with Crippen LogP contribution in [0.4, 0.5) is 14.5 Å². The van der Waals surface area contributed by atoms with Gasteiger partial charge in [-0.05, 0) is 106 Å². The number of oxazole rings is 1. The summed E-state index contributed by atoms with van der Waals surface area (Å²) in [6.45, 7) is 3.53. The lowest BCUT2D eigenvalue weighted by atomic mass is 9.85. The second-order valence-corrected chi connectivity index (χ2v) is 18.1. The molecule has 334 valence electrons. The summed E-state index contributed by atoms with van der Waals surface area (Å²) in [6, 6.07) is 8.90. The molecule has 9 rings (SSSR count). The summed E-state index contributed by atoms with van der Waals surface area (Å²) in [6.07, 6.45) is 13.9. The first-order valence-electron chi connectivity index (χ1n) is 22.7. The lowest BCUT2D eigenvalue weighted by molar-refractivity contribution is -0.132. The van der Waals surface area contributed by atoms with Gasteiger partial charge in [0.2, 0.25) is 5.89 Å². The van der Waals surface area contributed by atoms with Crippen LogP contribution in [0.1, 0.15) is 129 Å². The third kappa shape index (κ3) is 9.76. The number of Topliss-reactive ketones (excluding diaryl/α,β-unsaturated/α-hetero) is 2. The van der Waals surface area contributed by atoms with Crippen LogP contribution in [0.25, 0.3) is 22.5 Å². The summed E-state index contributed by atoms with van der Waals surface area (Å²) in [7, 11) is 1.74. The Morgan fingerprint density at radius 3 is 2.54 bits per heavy atom. The molecule has 1 unspecified atom stereocenters. The Morgan fingerprint density at radius 2 is 1.78 bits per heavy atom. The zero-order valence-electron chi connectivity index (χ0n) is 35.9. The Kier molecular flexibility index (Phi) is 12.8. The van der Waals surface area contributed by atoms with Gasteiger partial charge in [-0.15, -0.1) is 0 Å². The van der Waals surface area contributed by atoms with Crippen molar-refractivity contribution in [1.82, 2.24) is 33.8 Å². The second kappa shape index (κ2) is 18.8. The van der Waals surface area contributed by atoms with E-state index < -0.39 is 24.1 Å². The van der Waals surface area contributed by atoms with Crippen molar-refractivity contribution in [2.45, 2.75) is 121 Å². The van der Waals surface area contributed by atoms with Crippen LogP contribution in [0.3, 0.4) is 0 Å². The molecule has 0 radical (unpaired) electrons. The van der Waals surface area contributed by atoms with Crippen LogP contribution < -0.4 is 11.0 Å². The smallest absolute Gasteiger partial charge is 0.329 e. The quantitative estimate of drug-likeness (QED) is 0.0766. The molecule has 0 spiro atoms. The van der Waals surface area contributed by atoms with E-state index in [2.05, 4.69) is 25.3 Å². The first-order chi connectivity index (χ1) is 30.6. The van der Waals surface area contributed by atoms with Crippen molar-refractivity contribution in [2.24, 2.45) is 18.9 Å². The maximum Gasteiger partial charge on any atom is 0.329 e. The number of piperidine rings is 1. The van der Waals surface area contributed by atoms with Crippen LogP contribution in [0, 0.1) is 11.8 Å². The van der Waals surface area contributed by atoms with Gasteiger partial charge in [0.15, 0.2) is 17.2 Å². The Labute approximate surface area is 364 Å². The van der Waals surface area contributed by atoms with Crippen molar-refractivity contribution in [2.75, 3.05) is 31.6 Å². The third-order valence-electron chi connectivity index (χ3n) is 13.6. The fourth-order valence-corrected chi connectivity index (χ4v) is 9.94. The molecular weight excluding hydrogens is 811 g/mol. The van der Waals surface area contributed by atoms with Crippen molar-refractivity contribution in [3.63, 3.8) is 0 Å². The lowest BCUT2D eigenvalue weighted by Crippen LogP contribution is -2.40. The first kappa shape index (κ1) is 42.9. The molecule has 14 nitrogen and oxygen atoms in total. The number of amides is 1. The standard InChI is InChI=1S/C47H56F2N8O6/c1-54-43-31(4-2-6-40(43)57(47(54)61)39-16-15-35(58)25-41(39)59)5-3-23-62-36-18-21-55(22-19-36)26-30-10-13-34(14-11-30)56-27-37(42(53-56)44(48)49)51-45(60)38-28-63-46(52-38)32-17-20-50-33(24-32)12-9-29-7-8-29/h2,4,6,17,20,24,27-30,34,36,39,44H,3,5,7-16,18-19,21-23,25-26H2,1H3,(H,51,60). The van der Waals surface area contributed by atoms with Crippen LogP contribution in [-0.4, -0.2) is 83.6 Å². The zero-order chi connectivity index (χ0) is 43.6. The number of para-hydroxylation sites is 1. The van der Waals surface area contributed by atoms with Gasteiger partial charge in [-0.25, -0.2) is 18.6 Å². The number of ether oxygens (including phenoxy) is 1. The van der Waals surface area contributed by atoms with E-state index in [1.165, 1.54) is 25.3 Å². The number of hydrogen-bond donors (Lipinski definition) is 1. The van der Waals surface area contributed by atoms with Gasteiger partial charge in [0, 0.05) is 63.4 Å². The molecule has 1 aromatic carbocycles. The number of hydrogen-bond acceptors (Lipinski definition) is 10. The number of halogens is 2. The molecule has 3 saturated carbocycles. The molecule has 16 heteroatoms. The number of anilines is 1. The number of carbonyl (C=O) groups excluding carboxylic acids is 3. The van der Waals surface area contributed by atoms with Crippen molar-refractivity contribution in [3.05, 3.63) is 82.1 Å². The summed E-state index contributed by atoms with van der Waals surface area (Å²) >= 11 is 0. The van der Waals surface area contributed by atoms with Gasteiger partial charge in [0.1, 0.15) is 12.0 Å². The van der Waals surface area contributed by atoms with E-state index in [1.807, 2.05) is 24.3 Å². The summed E-state index contributed by atoms with van der Waals surface area (Å²) in [5.74, 6) is 0.665. The minimum atomic E-state index is -2.86. The van der Waals surface area contributed by atoms with Crippen LogP contribution in [0.5, 0.6) is 0 Å². The number of imidazole rings is 1. The molecular formula is C47H56F2N8O6. The number of alkyl halides is 2. The monoisotopic (exact) mass is 866 g/mol. The number of fused-ring (bicyclic) bond motifs is 1. The summed E-state index contributed by atoms with van der Waals surface area (Å²) in [5, 5.41) is 6.87. The number of ketones is 2. The summed E-state index contributed by atoms with van der Waals surface area (Å²) in [4.78, 5) is 62.4. The van der Waals surface area contributed by atoms with E-state index >= 15 is 0 Å². The molecule has 63 heavy (non-hydrogen) atoms. The third-order valence-corrected chi connectivity index (χ3v) is 13.6. The maximum absolute atomic E-state index is 14.2. The van der Waals surface area contributed by atoms with Gasteiger partial charge in [0.05, 0.1) is 41.3 Å². The SMILES string of the molecule is Cn1c(=O)n(C2CCC(=O)CC2=O)c2cccc(CCCOC3CCN(CC4CCC(n5cc(NC(=O)c6coc(-c7ccnc(CCC8CC8)c7)n6)c(C(F)F)n5)CC4)CC3)c21. The highest BCUT2D eigenvalue weighted by Gasteiger charge is 2.33. The molecule has 4 fully saturated rings. The molecule has 1 atom stereocenters. The molecule has 4 aliphatic rings. The number of rotatable bonds is 16. The highest BCUT2D eigenvalue weighted by atomic mass is 19.3. The summed E-state index contributed by atoms with van der Waals surface area (Å²) < 4.78 is 45.1. The number of benzene rings is 1. The fraction of sp³-hybridized carbons (Fsp3) is 0.553. The van der Waals surface area contributed by atoms with Crippen LogP contribution in [-0.2, 0) is 34.2 Å². The number of nitrogens with one attached hydrogen (secondary N) is 1. The Morgan fingerprint density at radius 1 is 0.984 bits per heavy atom. The predicted molar refractivity (Wildman–Crippen MR) is 231 cm³/mol. The highest BCUT2D eigenvalue weighted by Crippen LogP contribution is 2.37. The van der Waals surface area contributed by atoms with Crippen LogP contribution >= 0.6 is 0 Å². The largest absolute Gasteiger partial charge is 0.444 e. The van der Waals surface area contributed by atoms with Crippen molar-refractivity contribution in [1.29, 1.82) is 0 Å². The molecule has 4 aromatic heterocycles. The number of aryl methyl sites for hydroxylation is 3. The molecule has 1 saturated heterocycles. The Balaban J connectivity index is 0.713. The molecule has 5 heterocycles. The minimum absolute atomic E-state index is 0.00601. The fourth-order valence-electron chi connectivity index (χ4n) is 9.94. The van der Waals surface area contributed by atoms with Crippen molar-refractivity contribution >= 4 is 34.2 Å². The molecule has 1 aliphatic heterocycles. The number of aromatic nitrogens is 6. The Bertz CT molecular complexity index is 2510. The number of nitrogens with zero attached hydrogens (tertiary/aromatic N) is 7. The first-order valence-corrected chi connectivity index (χ1v) is 22.7.